The Morgan fingerprint density at radius 1 is 1.29 bits per heavy atom. The fourth-order valence-electron chi connectivity index (χ4n) is 1.87. The Labute approximate surface area is 87.3 Å². The predicted octanol–water partition coefficient (Wildman–Crippen LogP) is 2.19. The maximum atomic E-state index is 7.37. The minimum absolute atomic E-state index is 0.570. The average Bonchev–Trinajstić information content (AvgIpc) is 2.74. The van der Waals surface area contributed by atoms with Crippen molar-refractivity contribution in [1.29, 1.82) is 0 Å². The third kappa shape index (κ3) is 2.74. The highest BCUT2D eigenvalue weighted by Gasteiger charge is 2.09. The summed E-state index contributed by atoms with van der Waals surface area (Å²) in [5, 5.41) is 3.37. The third-order valence-electron chi connectivity index (χ3n) is 2.67. The molecule has 1 N–H and O–H groups in total. The maximum absolute atomic E-state index is 7.37. The highest BCUT2D eigenvalue weighted by Crippen LogP contribution is 2.07. The zero-order valence-corrected chi connectivity index (χ0v) is 8.50. The molecule has 76 valence electrons. The summed E-state index contributed by atoms with van der Waals surface area (Å²) in [5.74, 6) is 0. The van der Waals surface area contributed by atoms with E-state index in [1.165, 1.54) is 25.9 Å². The molecule has 1 saturated heterocycles. The van der Waals surface area contributed by atoms with Crippen molar-refractivity contribution in [2.75, 3.05) is 31.5 Å². The van der Waals surface area contributed by atoms with E-state index in [1.54, 1.807) is 0 Å². The highest BCUT2D eigenvalue weighted by molar-refractivity contribution is 5.42. The van der Waals surface area contributed by atoms with Crippen molar-refractivity contribution in [2.45, 2.75) is 12.8 Å². The predicted molar refractivity (Wildman–Crippen MR) is 60.6 cm³/mol. The summed E-state index contributed by atoms with van der Waals surface area (Å²) in [5.41, 5.74) is 1.12. The van der Waals surface area contributed by atoms with Gasteiger partial charge in [-0.15, -0.1) is 0 Å². The molecule has 0 radical (unpaired) electrons. The molecule has 1 heterocycles. The molecule has 0 atom stereocenters. The Kier molecular flexibility index (Phi) is 2.97. The van der Waals surface area contributed by atoms with Crippen LogP contribution in [0.3, 0.4) is 0 Å². The topological polar surface area (TPSA) is 15.3 Å². The molecule has 1 aliphatic rings. The Morgan fingerprint density at radius 3 is 2.71 bits per heavy atom. The van der Waals surface area contributed by atoms with Crippen molar-refractivity contribution in [3.8, 4) is 0 Å². The fraction of sp³-hybridized carbons (Fsp3) is 0.500. The van der Waals surface area contributed by atoms with E-state index in [-0.39, 0.29) is 0 Å². The van der Waals surface area contributed by atoms with E-state index in [9.17, 15) is 0 Å². The molecule has 0 bridgehead atoms. The van der Waals surface area contributed by atoms with Crippen LogP contribution in [0.25, 0.3) is 0 Å². The first kappa shape index (κ1) is 8.30. The van der Waals surface area contributed by atoms with Crippen LogP contribution >= 0.6 is 0 Å². The lowest BCUT2D eigenvalue weighted by Crippen LogP contribution is -2.25. The maximum Gasteiger partial charge on any atom is 0.0623 e. The zero-order valence-electron chi connectivity index (χ0n) is 9.50. The first-order valence-corrected chi connectivity index (χ1v) is 5.37. The van der Waals surface area contributed by atoms with Gasteiger partial charge in [-0.1, -0.05) is 18.2 Å². The van der Waals surface area contributed by atoms with Gasteiger partial charge in [0.1, 0.15) is 0 Å². The van der Waals surface area contributed by atoms with Gasteiger partial charge in [0.05, 0.1) is 1.37 Å². The van der Waals surface area contributed by atoms with Gasteiger partial charge in [0.2, 0.25) is 0 Å². The molecule has 0 unspecified atom stereocenters. The van der Waals surface area contributed by atoms with Crippen LogP contribution in [0.15, 0.2) is 30.3 Å². The molecule has 0 spiro atoms. The van der Waals surface area contributed by atoms with Crippen molar-refractivity contribution >= 4 is 5.69 Å². The van der Waals surface area contributed by atoms with E-state index in [2.05, 4.69) is 10.2 Å². The van der Waals surface area contributed by atoms with Gasteiger partial charge in [0.15, 0.2) is 0 Å². The Hall–Kier alpha value is -1.02. The molecule has 1 aliphatic heterocycles. The van der Waals surface area contributed by atoms with Gasteiger partial charge in [-0.3, -0.25) is 0 Å². The lowest BCUT2D eigenvalue weighted by molar-refractivity contribution is 0.352. The molecule has 14 heavy (non-hydrogen) atoms. The first-order valence-electron chi connectivity index (χ1n) is 5.87. The van der Waals surface area contributed by atoms with Crippen LogP contribution in [-0.4, -0.2) is 31.1 Å². The van der Waals surface area contributed by atoms with Crippen molar-refractivity contribution in [3.05, 3.63) is 30.3 Å². The SMILES string of the molecule is [2H]c1ccc(NCCN2CCCC2)cc1. The quantitative estimate of drug-likeness (QED) is 0.785. The number of benzene rings is 1. The van der Waals surface area contributed by atoms with E-state index in [0.717, 1.165) is 18.8 Å². The summed E-state index contributed by atoms with van der Waals surface area (Å²) in [7, 11) is 0. The molecule has 2 nitrogen and oxygen atoms in total. The minimum atomic E-state index is 0.570. The Morgan fingerprint density at radius 2 is 2.00 bits per heavy atom. The molecule has 0 amide bonds. The average molecular weight is 191 g/mol. The lowest BCUT2D eigenvalue weighted by Gasteiger charge is -2.15. The normalized spacial score (nSPS) is 18.1. The summed E-state index contributed by atoms with van der Waals surface area (Å²) in [4.78, 5) is 2.49. The Balaban J connectivity index is 1.71. The number of para-hydroxylation sites is 1. The van der Waals surface area contributed by atoms with E-state index >= 15 is 0 Å². The smallest absolute Gasteiger partial charge is 0.0623 e. The van der Waals surface area contributed by atoms with Gasteiger partial charge in [0, 0.05) is 18.8 Å². The number of likely N-dealkylation sites (tertiary alicyclic amines) is 1. The molecule has 2 heteroatoms. The molecule has 1 aromatic rings. The second kappa shape index (κ2) is 5.01. The molecular weight excluding hydrogens is 172 g/mol. The van der Waals surface area contributed by atoms with Gasteiger partial charge in [-0.25, -0.2) is 0 Å². The number of nitrogens with zero attached hydrogens (tertiary/aromatic N) is 1. The summed E-state index contributed by atoms with van der Waals surface area (Å²) in [6.45, 7) is 4.64. The molecule has 0 aromatic heterocycles. The van der Waals surface area contributed by atoms with Crippen LogP contribution < -0.4 is 5.32 Å². The first-order chi connectivity index (χ1) is 7.34. The summed E-state index contributed by atoms with van der Waals surface area (Å²) in [6, 6.07) is 8.13. The van der Waals surface area contributed by atoms with Crippen molar-refractivity contribution < 1.29 is 1.37 Å². The van der Waals surface area contributed by atoms with Crippen LogP contribution in [0.1, 0.15) is 14.2 Å². The molecule has 2 rings (SSSR count). The van der Waals surface area contributed by atoms with Crippen molar-refractivity contribution in [3.63, 3.8) is 0 Å². The Bertz CT molecular complexity index is 291. The second-order valence-corrected chi connectivity index (χ2v) is 3.76. The largest absolute Gasteiger partial charge is 0.384 e. The van der Waals surface area contributed by atoms with Gasteiger partial charge in [-0.05, 0) is 38.1 Å². The lowest BCUT2D eigenvalue weighted by atomic mass is 10.3. The molecule has 0 aliphatic carbocycles. The van der Waals surface area contributed by atoms with Crippen molar-refractivity contribution in [1.82, 2.24) is 4.90 Å². The van der Waals surface area contributed by atoms with Crippen LogP contribution in [-0.2, 0) is 0 Å². The van der Waals surface area contributed by atoms with Gasteiger partial charge < -0.3 is 10.2 Å². The minimum Gasteiger partial charge on any atom is -0.384 e. The summed E-state index contributed by atoms with van der Waals surface area (Å²) in [6.07, 6.45) is 2.71. The van der Waals surface area contributed by atoms with E-state index in [4.69, 9.17) is 1.37 Å². The second-order valence-electron chi connectivity index (χ2n) is 3.76. The number of hydrogen-bond acceptors (Lipinski definition) is 2. The van der Waals surface area contributed by atoms with E-state index < -0.39 is 0 Å². The number of rotatable bonds is 4. The highest BCUT2D eigenvalue weighted by atomic mass is 15.1. The molecule has 1 fully saturated rings. The van der Waals surface area contributed by atoms with E-state index in [1.807, 2.05) is 24.3 Å². The summed E-state index contributed by atoms with van der Waals surface area (Å²) >= 11 is 0. The number of anilines is 1. The summed E-state index contributed by atoms with van der Waals surface area (Å²) < 4.78 is 7.37. The van der Waals surface area contributed by atoms with Crippen LogP contribution in [0, 0.1) is 0 Å². The molecule has 1 aromatic carbocycles. The number of nitrogens with one attached hydrogen (secondary N) is 1. The van der Waals surface area contributed by atoms with Crippen LogP contribution in [0.5, 0.6) is 0 Å². The molecule has 0 saturated carbocycles. The molecular formula is C12H18N2. The van der Waals surface area contributed by atoms with Gasteiger partial charge in [-0.2, -0.15) is 0 Å². The third-order valence-corrected chi connectivity index (χ3v) is 2.67. The fourth-order valence-corrected chi connectivity index (χ4v) is 1.87. The van der Waals surface area contributed by atoms with Gasteiger partial charge >= 0.3 is 0 Å². The van der Waals surface area contributed by atoms with Gasteiger partial charge in [0.25, 0.3) is 0 Å². The monoisotopic (exact) mass is 191 g/mol. The van der Waals surface area contributed by atoms with Crippen LogP contribution in [0.4, 0.5) is 5.69 Å². The van der Waals surface area contributed by atoms with E-state index in [0.29, 0.717) is 6.04 Å². The zero-order chi connectivity index (χ0) is 10.5. The van der Waals surface area contributed by atoms with Crippen molar-refractivity contribution in [2.24, 2.45) is 0 Å². The van der Waals surface area contributed by atoms with Crippen LogP contribution in [0.2, 0.25) is 0 Å². The number of hydrogen-bond donors (Lipinski definition) is 1. The standard InChI is InChI=1S/C12H18N2/c1-2-6-12(7-3-1)13-8-11-14-9-4-5-10-14/h1-3,6-7,13H,4-5,8-11H2/i1D.